The normalized spacial score (nSPS) is 10.6. The fourth-order valence-corrected chi connectivity index (χ4v) is 3.49. The van der Waals surface area contributed by atoms with Crippen molar-refractivity contribution in [3.8, 4) is 28.6 Å². The lowest BCUT2D eigenvalue weighted by Gasteiger charge is -2.14. The summed E-state index contributed by atoms with van der Waals surface area (Å²) < 4.78 is 31.5. The number of carbonyl (C=O) groups is 1. The average Bonchev–Trinajstić information content (AvgIpc) is 3.13. The van der Waals surface area contributed by atoms with Gasteiger partial charge in [-0.25, -0.2) is 4.39 Å². The van der Waals surface area contributed by atoms with Gasteiger partial charge in [0, 0.05) is 12.6 Å². The molecule has 0 aliphatic heterocycles. The van der Waals surface area contributed by atoms with Gasteiger partial charge in [0.1, 0.15) is 5.82 Å². The molecule has 1 amide bonds. The van der Waals surface area contributed by atoms with Crippen LogP contribution < -0.4 is 19.5 Å². The number of nitrogens with one attached hydrogen (secondary N) is 1. The third kappa shape index (κ3) is 4.48. The van der Waals surface area contributed by atoms with E-state index in [9.17, 15) is 9.18 Å². The van der Waals surface area contributed by atoms with Gasteiger partial charge in [0.05, 0.1) is 32.8 Å². The number of amides is 1. The first-order valence-corrected chi connectivity index (χ1v) is 9.84. The number of carbonyl (C=O) groups excluding carboxylic acids is 1. The van der Waals surface area contributed by atoms with Crippen LogP contribution in [0.15, 0.2) is 41.6 Å². The molecular formula is C20H21FN4O4S. The van der Waals surface area contributed by atoms with Crippen LogP contribution in [0.2, 0.25) is 0 Å². The van der Waals surface area contributed by atoms with Gasteiger partial charge in [-0.1, -0.05) is 23.9 Å². The fraction of sp³-hybridized carbons (Fsp3) is 0.250. The van der Waals surface area contributed by atoms with E-state index in [2.05, 4.69) is 15.5 Å². The Morgan fingerprint density at radius 2 is 1.77 bits per heavy atom. The van der Waals surface area contributed by atoms with Crippen LogP contribution in [0.1, 0.15) is 0 Å². The molecular weight excluding hydrogens is 411 g/mol. The van der Waals surface area contributed by atoms with Crippen molar-refractivity contribution in [3.05, 3.63) is 42.2 Å². The van der Waals surface area contributed by atoms with Gasteiger partial charge in [-0.05, 0) is 24.3 Å². The smallest absolute Gasteiger partial charge is 0.234 e. The first-order valence-electron chi connectivity index (χ1n) is 8.85. The second kappa shape index (κ2) is 9.49. The number of anilines is 1. The summed E-state index contributed by atoms with van der Waals surface area (Å²) in [6.45, 7) is 0. The quantitative estimate of drug-likeness (QED) is 0.546. The van der Waals surface area contributed by atoms with E-state index in [1.165, 1.54) is 45.2 Å². The molecule has 0 fully saturated rings. The zero-order chi connectivity index (χ0) is 21.7. The Bertz CT molecular complexity index is 1030. The molecule has 1 N–H and O–H groups in total. The molecule has 8 nitrogen and oxygen atoms in total. The standard InChI is InChI=1S/C20H21FN4O4S/c1-25-19(12-9-15(27-2)18(29-4)16(10-12)28-3)23-24-20(25)30-11-17(26)22-14-8-6-5-7-13(14)21/h5-10H,11H2,1-4H3,(H,22,26). The lowest BCUT2D eigenvalue weighted by Crippen LogP contribution is -2.15. The maximum Gasteiger partial charge on any atom is 0.234 e. The molecule has 3 rings (SSSR count). The highest BCUT2D eigenvalue weighted by atomic mass is 32.2. The second-order valence-electron chi connectivity index (χ2n) is 6.10. The molecule has 0 saturated carbocycles. The van der Waals surface area contributed by atoms with Crippen molar-refractivity contribution in [1.82, 2.24) is 14.8 Å². The summed E-state index contributed by atoms with van der Waals surface area (Å²) >= 11 is 1.19. The van der Waals surface area contributed by atoms with E-state index in [-0.39, 0.29) is 17.3 Å². The van der Waals surface area contributed by atoms with Crippen LogP contribution >= 0.6 is 11.8 Å². The monoisotopic (exact) mass is 432 g/mol. The minimum absolute atomic E-state index is 0.0512. The predicted molar refractivity (Wildman–Crippen MR) is 112 cm³/mol. The summed E-state index contributed by atoms with van der Waals surface area (Å²) in [6, 6.07) is 9.54. The van der Waals surface area contributed by atoms with E-state index in [0.29, 0.717) is 33.8 Å². The lowest BCUT2D eigenvalue weighted by atomic mass is 10.1. The molecule has 1 heterocycles. The predicted octanol–water partition coefficient (Wildman–Crippen LogP) is 3.38. The molecule has 1 aromatic heterocycles. The molecule has 0 radical (unpaired) electrons. The Balaban J connectivity index is 1.76. The molecule has 0 saturated heterocycles. The molecule has 3 aromatic rings. The average molecular weight is 432 g/mol. The van der Waals surface area contributed by atoms with Crippen molar-refractivity contribution >= 4 is 23.4 Å². The number of rotatable bonds is 8. The van der Waals surface area contributed by atoms with E-state index in [1.54, 1.807) is 35.9 Å². The first kappa shape index (κ1) is 21.4. The second-order valence-corrected chi connectivity index (χ2v) is 7.04. The Hall–Kier alpha value is -3.27. The molecule has 0 unspecified atom stereocenters. The van der Waals surface area contributed by atoms with Crippen molar-refractivity contribution < 1.29 is 23.4 Å². The Labute approximate surface area is 177 Å². The van der Waals surface area contributed by atoms with Gasteiger partial charge in [-0.3, -0.25) is 4.79 Å². The van der Waals surface area contributed by atoms with Crippen LogP contribution in [-0.2, 0) is 11.8 Å². The highest BCUT2D eigenvalue weighted by molar-refractivity contribution is 7.99. The summed E-state index contributed by atoms with van der Waals surface area (Å²) in [5.41, 5.74) is 0.848. The number of hydrogen-bond acceptors (Lipinski definition) is 7. The largest absolute Gasteiger partial charge is 0.493 e. The maximum atomic E-state index is 13.7. The summed E-state index contributed by atoms with van der Waals surface area (Å²) in [5, 5.41) is 11.4. The Kier molecular flexibility index (Phi) is 6.78. The third-order valence-electron chi connectivity index (χ3n) is 4.24. The first-order chi connectivity index (χ1) is 14.5. The molecule has 2 aromatic carbocycles. The van der Waals surface area contributed by atoms with E-state index >= 15 is 0 Å². The zero-order valence-electron chi connectivity index (χ0n) is 16.9. The van der Waals surface area contributed by atoms with Crippen LogP contribution in [0.3, 0.4) is 0 Å². The van der Waals surface area contributed by atoms with Gasteiger partial charge >= 0.3 is 0 Å². The van der Waals surface area contributed by atoms with Gasteiger partial charge in [0.25, 0.3) is 0 Å². The molecule has 10 heteroatoms. The van der Waals surface area contributed by atoms with Gasteiger partial charge in [-0.2, -0.15) is 0 Å². The number of halogens is 1. The van der Waals surface area contributed by atoms with Gasteiger partial charge in [0.2, 0.25) is 11.7 Å². The molecule has 0 aliphatic carbocycles. The van der Waals surface area contributed by atoms with Crippen LogP contribution in [0.5, 0.6) is 17.2 Å². The minimum Gasteiger partial charge on any atom is -0.493 e. The number of thioether (sulfide) groups is 1. The van der Waals surface area contributed by atoms with E-state index < -0.39 is 5.82 Å². The van der Waals surface area contributed by atoms with Crippen molar-refractivity contribution in [1.29, 1.82) is 0 Å². The zero-order valence-corrected chi connectivity index (χ0v) is 17.7. The number of hydrogen-bond donors (Lipinski definition) is 1. The van der Waals surface area contributed by atoms with Gasteiger partial charge in [0.15, 0.2) is 22.5 Å². The van der Waals surface area contributed by atoms with Crippen molar-refractivity contribution in [3.63, 3.8) is 0 Å². The minimum atomic E-state index is -0.487. The van der Waals surface area contributed by atoms with Crippen LogP contribution in [0, 0.1) is 5.82 Å². The highest BCUT2D eigenvalue weighted by Crippen LogP contribution is 2.41. The molecule has 0 atom stereocenters. The number of aromatic nitrogens is 3. The topological polar surface area (TPSA) is 87.5 Å². The molecule has 158 valence electrons. The van der Waals surface area contributed by atoms with E-state index in [4.69, 9.17) is 14.2 Å². The van der Waals surface area contributed by atoms with Gasteiger partial charge in [-0.15, -0.1) is 10.2 Å². The Morgan fingerprint density at radius 3 is 2.37 bits per heavy atom. The SMILES string of the molecule is COc1cc(-c2nnc(SCC(=O)Nc3ccccc3F)n2C)cc(OC)c1OC. The number of methoxy groups -OCH3 is 3. The molecule has 0 spiro atoms. The lowest BCUT2D eigenvalue weighted by molar-refractivity contribution is -0.113. The number of nitrogens with zero attached hydrogens (tertiary/aromatic N) is 3. The van der Waals surface area contributed by atoms with Crippen LogP contribution in [0.25, 0.3) is 11.4 Å². The molecule has 0 bridgehead atoms. The fourth-order valence-electron chi connectivity index (χ4n) is 2.78. The van der Waals surface area contributed by atoms with Crippen molar-refractivity contribution in [2.75, 3.05) is 32.4 Å². The van der Waals surface area contributed by atoms with Crippen LogP contribution in [-0.4, -0.2) is 47.8 Å². The maximum absolute atomic E-state index is 13.7. The third-order valence-corrected chi connectivity index (χ3v) is 5.26. The summed E-state index contributed by atoms with van der Waals surface area (Å²) in [4.78, 5) is 12.2. The highest BCUT2D eigenvalue weighted by Gasteiger charge is 2.19. The van der Waals surface area contributed by atoms with Crippen molar-refractivity contribution in [2.24, 2.45) is 7.05 Å². The summed E-state index contributed by atoms with van der Waals surface area (Å²) in [7, 11) is 6.39. The number of benzene rings is 2. The summed E-state index contributed by atoms with van der Waals surface area (Å²) in [5.74, 6) is 1.25. The van der Waals surface area contributed by atoms with E-state index in [0.717, 1.165) is 0 Å². The summed E-state index contributed by atoms with van der Waals surface area (Å²) in [6.07, 6.45) is 0. The molecule has 30 heavy (non-hydrogen) atoms. The number of ether oxygens (including phenoxy) is 3. The van der Waals surface area contributed by atoms with E-state index in [1.807, 2.05) is 0 Å². The van der Waals surface area contributed by atoms with Crippen molar-refractivity contribution in [2.45, 2.75) is 5.16 Å². The number of para-hydroxylation sites is 1. The van der Waals surface area contributed by atoms with Crippen LogP contribution in [0.4, 0.5) is 10.1 Å². The molecule has 0 aliphatic rings. The Morgan fingerprint density at radius 1 is 1.10 bits per heavy atom. The van der Waals surface area contributed by atoms with Gasteiger partial charge < -0.3 is 24.1 Å².